The molecule has 1 aliphatic heterocycles. The van der Waals surface area contributed by atoms with E-state index >= 15 is 0 Å². The van der Waals surface area contributed by atoms with E-state index in [2.05, 4.69) is 11.9 Å². The molecule has 0 bridgehead atoms. The van der Waals surface area contributed by atoms with E-state index in [1.165, 1.54) is 16.0 Å². The van der Waals surface area contributed by atoms with Gasteiger partial charge in [-0.15, -0.1) is 0 Å². The summed E-state index contributed by atoms with van der Waals surface area (Å²) in [6.45, 7) is 6.19. The third kappa shape index (κ3) is 4.32. The summed E-state index contributed by atoms with van der Waals surface area (Å²) in [5, 5.41) is 3.61. The van der Waals surface area contributed by atoms with Crippen LogP contribution in [-0.4, -0.2) is 39.8 Å². The van der Waals surface area contributed by atoms with Crippen LogP contribution in [0.1, 0.15) is 27.5 Å². The number of carbonyl (C=O) groups excluding carboxylic acids is 1. The molecule has 0 fully saturated rings. The summed E-state index contributed by atoms with van der Waals surface area (Å²) in [5.74, 6) is 1.30. The van der Waals surface area contributed by atoms with Crippen LogP contribution >= 0.6 is 11.6 Å². The summed E-state index contributed by atoms with van der Waals surface area (Å²) < 4.78 is 10.9. The molecule has 1 unspecified atom stereocenters. The highest BCUT2D eigenvalue weighted by Gasteiger charge is 2.32. The number of methoxy groups -OCH3 is 2. The summed E-state index contributed by atoms with van der Waals surface area (Å²) in [7, 11) is 3.28. The lowest BCUT2D eigenvalue weighted by molar-refractivity contribution is -0.927. The maximum absolute atomic E-state index is 12.6. The van der Waals surface area contributed by atoms with Gasteiger partial charge in [-0.3, -0.25) is 4.79 Å². The molecule has 1 amide bonds. The lowest BCUT2D eigenvalue weighted by Crippen LogP contribution is -3.13. The number of halogens is 1. The highest BCUT2D eigenvalue weighted by atomic mass is 35.5. The van der Waals surface area contributed by atoms with Crippen molar-refractivity contribution in [3.63, 3.8) is 0 Å². The first kappa shape index (κ1) is 20.2. The Morgan fingerprint density at radius 1 is 1.29 bits per heavy atom. The number of amides is 1. The van der Waals surface area contributed by atoms with Crippen molar-refractivity contribution in [2.45, 2.75) is 12.5 Å². The van der Waals surface area contributed by atoms with Crippen molar-refractivity contribution in [2.24, 2.45) is 0 Å². The summed E-state index contributed by atoms with van der Waals surface area (Å²) >= 11 is 6.01. The smallest absolute Gasteiger partial charge is 0.251 e. The standard InChI is InChI=1S/C22H25ClN2O3/c1-4-9-25-10-8-15-12-20(27-2)21(28-3)13-18(15)19(25)14-24-22(26)16-6-5-7-17(23)11-16/h4-7,11-13,19H,1,8-10,14H2,2-3H3,(H,24,26)/p+1/t19-/m0/s1. The summed E-state index contributed by atoms with van der Waals surface area (Å²) in [6, 6.07) is 11.2. The van der Waals surface area contributed by atoms with Crippen LogP contribution < -0.4 is 19.7 Å². The molecule has 0 aliphatic carbocycles. The van der Waals surface area contributed by atoms with E-state index in [-0.39, 0.29) is 11.9 Å². The van der Waals surface area contributed by atoms with Crippen LogP contribution in [0.2, 0.25) is 5.02 Å². The van der Waals surface area contributed by atoms with Gasteiger partial charge in [0.25, 0.3) is 5.91 Å². The van der Waals surface area contributed by atoms with Crippen molar-refractivity contribution in [1.82, 2.24) is 5.32 Å². The first-order valence-corrected chi connectivity index (χ1v) is 9.69. The molecule has 2 N–H and O–H groups in total. The number of carbonyl (C=O) groups is 1. The molecule has 2 aromatic carbocycles. The van der Waals surface area contributed by atoms with Crippen LogP contribution in [0.4, 0.5) is 0 Å². The van der Waals surface area contributed by atoms with Crippen LogP contribution in [-0.2, 0) is 6.42 Å². The van der Waals surface area contributed by atoms with Gasteiger partial charge in [0, 0.05) is 22.6 Å². The second kappa shape index (κ2) is 9.13. The number of quaternary nitrogens is 1. The fourth-order valence-electron chi connectivity index (χ4n) is 3.78. The highest BCUT2D eigenvalue weighted by Crippen LogP contribution is 2.34. The van der Waals surface area contributed by atoms with Crippen molar-refractivity contribution in [3.05, 3.63) is 70.8 Å². The molecule has 2 atom stereocenters. The molecule has 1 aliphatic rings. The van der Waals surface area contributed by atoms with Gasteiger partial charge >= 0.3 is 0 Å². The Bertz CT molecular complexity index is 869. The molecule has 0 aromatic heterocycles. The van der Waals surface area contributed by atoms with Crippen LogP contribution in [0, 0.1) is 0 Å². The normalized spacial score (nSPS) is 18.1. The van der Waals surface area contributed by atoms with Crippen LogP contribution in [0.15, 0.2) is 49.1 Å². The number of rotatable bonds is 7. The maximum Gasteiger partial charge on any atom is 0.251 e. The molecule has 3 rings (SSSR count). The van der Waals surface area contributed by atoms with Crippen LogP contribution in [0.3, 0.4) is 0 Å². The average molecular weight is 402 g/mol. The quantitative estimate of drug-likeness (QED) is 0.701. The number of hydrogen-bond acceptors (Lipinski definition) is 3. The Morgan fingerprint density at radius 2 is 2.04 bits per heavy atom. The SMILES string of the molecule is C=CC[NH+]1CCc2cc(OC)c(OC)cc2[C@@H]1CNC(=O)c1cccc(Cl)c1. The predicted octanol–water partition coefficient (Wildman–Crippen LogP) is 2.46. The van der Waals surface area contributed by atoms with Gasteiger partial charge in [-0.05, 0) is 42.0 Å². The van der Waals surface area contributed by atoms with Gasteiger partial charge in [-0.25, -0.2) is 0 Å². The molecule has 1 heterocycles. The Labute approximate surface area is 170 Å². The molecule has 148 valence electrons. The third-order valence-corrected chi connectivity index (χ3v) is 5.42. The topological polar surface area (TPSA) is 52.0 Å². The number of ether oxygens (including phenoxy) is 2. The Hall–Kier alpha value is -2.50. The maximum atomic E-state index is 12.6. The minimum Gasteiger partial charge on any atom is -0.493 e. The predicted molar refractivity (Wildman–Crippen MR) is 111 cm³/mol. The van der Waals surface area contributed by atoms with E-state index in [9.17, 15) is 4.79 Å². The van der Waals surface area contributed by atoms with Gasteiger partial charge in [0.1, 0.15) is 6.04 Å². The lowest BCUT2D eigenvalue weighted by Gasteiger charge is -2.34. The Kier molecular flexibility index (Phi) is 6.60. The number of fused-ring (bicyclic) bond motifs is 1. The van der Waals surface area contributed by atoms with Gasteiger partial charge < -0.3 is 19.7 Å². The van der Waals surface area contributed by atoms with E-state index in [0.29, 0.717) is 22.9 Å². The minimum atomic E-state index is -0.131. The number of hydrogen-bond donors (Lipinski definition) is 2. The van der Waals surface area contributed by atoms with E-state index in [4.69, 9.17) is 21.1 Å². The molecule has 0 saturated heterocycles. The fourth-order valence-corrected chi connectivity index (χ4v) is 3.97. The summed E-state index contributed by atoms with van der Waals surface area (Å²) in [5.41, 5.74) is 2.96. The zero-order valence-electron chi connectivity index (χ0n) is 16.3. The average Bonchev–Trinajstić information content (AvgIpc) is 2.71. The van der Waals surface area contributed by atoms with Gasteiger partial charge in [-0.1, -0.05) is 24.2 Å². The van der Waals surface area contributed by atoms with E-state index in [0.717, 1.165) is 25.3 Å². The second-order valence-corrected chi connectivity index (χ2v) is 7.27. The van der Waals surface area contributed by atoms with Crippen molar-refractivity contribution in [3.8, 4) is 11.5 Å². The van der Waals surface area contributed by atoms with Crippen LogP contribution in [0.5, 0.6) is 11.5 Å². The number of benzene rings is 2. The Morgan fingerprint density at radius 3 is 2.71 bits per heavy atom. The molecular weight excluding hydrogens is 376 g/mol. The van der Waals surface area contributed by atoms with Gasteiger partial charge in [0.2, 0.25) is 0 Å². The van der Waals surface area contributed by atoms with Gasteiger partial charge in [-0.2, -0.15) is 0 Å². The van der Waals surface area contributed by atoms with Crippen molar-refractivity contribution < 1.29 is 19.2 Å². The molecular formula is C22H26ClN2O3+. The van der Waals surface area contributed by atoms with Gasteiger partial charge in [0.05, 0.1) is 33.9 Å². The van der Waals surface area contributed by atoms with E-state index in [1.54, 1.807) is 38.5 Å². The second-order valence-electron chi connectivity index (χ2n) is 6.83. The van der Waals surface area contributed by atoms with Crippen molar-refractivity contribution >= 4 is 17.5 Å². The molecule has 2 aromatic rings. The summed E-state index contributed by atoms with van der Waals surface area (Å²) in [4.78, 5) is 14.0. The molecule has 5 nitrogen and oxygen atoms in total. The highest BCUT2D eigenvalue weighted by molar-refractivity contribution is 6.30. The zero-order valence-corrected chi connectivity index (χ0v) is 17.0. The lowest BCUT2D eigenvalue weighted by atomic mass is 9.91. The molecule has 0 saturated carbocycles. The minimum absolute atomic E-state index is 0.102. The molecule has 0 radical (unpaired) electrons. The first-order valence-electron chi connectivity index (χ1n) is 9.31. The molecule has 28 heavy (non-hydrogen) atoms. The van der Waals surface area contributed by atoms with E-state index in [1.807, 2.05) is 18.2 Å². The van der Waals surface area contributed by atoms with Crippen molar-refractivity contribution in [2.75, 3.05) is 33.9 Å². The molecule has 6 heteroatoms. The zero-order chi connectivity index (χ0) is 20.1. The first-order chi connectivity index (χ1) is 13.6. The molecule has 0 spiro atoms. The fraction of sp³-hybridized carbons (Fsp3) is 0.318. The third-order valence-electron chi connectivity index (χ3n) is 5.19. The van der Waals surface area contributed by atoms with E-state index < -0.39 is 0 Å². The summed E-state index contributed by atoms with van der Waals surface area (Å²) in [6.07, 6.45) is 2.87. The number of nitrogens with one attached hydrogen (secondary N) is 2. The van der Waals surface area contributed by atoms with Crippen LogP contribution in [0.25, 0.3) is 0 Å². The van der Waals surface area contributed by atoms with Crippen molar-refractivity contribution in [1.29, 1.82) is 0 Å². The largest absolute Gasteiger partial charge is 0.493 e. The Balaban J connectivity index is 1.86. The monoisotopic (exact) mass is 401 g/mol. The van der Waals surface area contributed by atoms with Gasteiger partial charge in [0.15, 0.2) is 11.5 Å².